The summed E-state index contributed by atoms with van der Waals surface area (Å²) in [7, 11) is 2.95. The lowest BCUT2D eigenvalue weighted by Gasteiger charge is -2.11. The summed E-state index contributed by atoms with van der Waals surface area (Å²) < 4.78 is 20.9. The van der Waals surface area contributed by atoms with E-state index in [-0.39, 0.29) is 18.9 Å². The zero-order chi connectivity index (χ0) is 21.1. The van der Waals surface area contributed by atoms with Crippen molar-refractivity contribution >= 4 is 11.9 Å². The molecular formula is C21H25NO7. The molecule has 0 saturated carbocycles. The highest BCUT2D eigenvalue weighted by atomic mass is 16.5. The number of aliphatic carboxylic acids is 1. The van der Waals surface area contributed by atoms with Crippen LogP contribution in [0.25, 0.3) is 0 Å². The van der Waals surface area contributed by atoms with Crippen molar-refractivity contribution in [2.24, 2.45) is 0 Å². The molecule has 2 aromatic rings. The first-order valence-corrected chi connectivity index (χ1v) is 9.02. The fraction of sp³-hybridized carbons (Fsp3) is 0.333. The SMILES string of the molecule is COc1ccc(OCCNC(=O)COc2ccc(C[C@H](OC)C(=O)O)cc2)cc1. The number of amides is 1. The molecule has 0 aliphatic heterocycles. The minimum Gasteiger partial charge on any atom is -0.497 e. The van der Waals surface area contributed by atoms with Gasteiger partial charge in [0.05, 0.1) is 13.7 Å². The Bertz CT molecular complexity index is 775. The number of hydrogen-bond acceptors (Lipinski definition) is 6. The van der Waals surface area contributed by atoms with Crippen molar-refractivity contribution in [1.82, 2.24) is 5.32 Å². The molecule has 0 unspecified atom stereocenters. The topological polar surface area (TPSA) is 103 Å². The normalized spacial score (nSPS) is 11.4. The third kappa shape index (κ3) is 7.71. The Labute approximate surface area is 169 Å². The van der Waals surface area contributed by atoms with Gasteiger partial charge in [-0.05, 0) is 42.0 Å². The number of ether oxygens (including phenoxy) is 4. The molecule has 0 bridgehead atoms. The number of rotatable bonds is 12. The van der Waals surface area contributed by atoms with Crippen molar-refractivity contribution in [2.45, 2.75) is 12.5 Å². The van der Waals surface area contributed by atoms with Gasteiger partial charge in [-0.25, -0.2) is 4.79 Å². The molecule has 2 aromatic carbocycles. The molecule has 8 heteroatoms. The number of carboxylic acid groups (broad SMARTS) is 1. The van der Waals surface area contributed by atoms with Gasteiger partial charge in [-0.1, -0.05) is 12.1 Å². The quantitative estimate of drug-likeness (QED) is 0.522. The first-order valence-electron chi connectivity index (χ1n) is 9.02. The summed E-state index contributed by atoms with van der Waals surface area (Å²) in [5.41, 5.74) is 0.798. The minimum atomic E-state index is -1.01. The van der Waals surface area contributed by atoms with Crippen molar-refractivity contribution in [1.29, 1.82) is 0 Å². The molecule has 0 aliphatic rings. The second-order valence-electron chi connectivity index (χ2n) is 6.07. The van der Waals surface area contributed by atoms with Crippen molar-refractivity contribution < 1.29 is 33.6 Å². The van der Waals surface area contributed by atoms with Gasteiger partial charge in [0.15, 0.2) is 12.7 Å². The van der Waals surface area contributed by atoms with Crippen LogP contribution in [0.5, 0.6) is 17.2 Å². The highest BCUT2D eigenvalue weighted by Crippen LogP contribution is 2.17. The molecule has 0 aromatic heterocycles. The Hall–Kier alpha value is -3.26. The molecule has 2 N–H and O–H groups in total. The number of nitrogens with one attached hydrogen (secondary N) is 1. The van der Waals surface area contributed by atoms with Gasteiger partial charge in [0.1, 0.15) is 23.9 Å². The van der Waals surface area contributed by atoms with Crippen LogP contribution >= 0.6 is 0 Å². The van der Waals surface area contributed by atoms with E-state index in [0.29, 0.717) is 24.7 Å². The molecule has 0 aliphatic carbocycles. The minimum absolute atomic E-state index is 0.127. The highest BCUT2D eigenvalue weighted by molar-refractivity contribution is 5.77. The third-order valence-electron chi connectivity index (χ3n) is 4.03. The van der Waals surface area contributed by atoms with Crippen molar-refractivity contribution in [2.75, 3.05) is 34.0 Å². The number of hydrogen-bond donors (Lipinski definition) is 2. The molecule has 0 fully saturated rings. The van der Waals surface area contributed by atoms with Gasteiger partial charge in [0.25, 0.3) is 5.91 Å². The van der Waals surface area contributed by atoms with Crippen molar-refractivity contribution in [3.05, 3.63) is 54.1 Å². The molecule has 2 rings (SSSR count). The molecule has 29 heavy (non-hydrogen) atoms. The van der Waals surface area contributed by atoms with E-state index in [1.165, 1.54) is 7.11 Å². The average molecular weight is 403 g/mol. The lowest BCUT2D eigenvalue weighted by Crippen LogP contribution is -2.32. The van der Waals surface area contributed by atoms with E-state index in [1.807, 2.05) is 0 Å². The fourth-order valence-corrected chi connectivity index (χ4v) is 2.44. The number of methoxy groups -OCH3 is 2. The average Bonchev–Trinajstić information content (AvgIpc) is 2.74. The first-order chi connectivity index (χ1) is 14.0. The van der Waals surface area contributed by atoms with E-state index in [2.05, 4.69) is 5.32 Å². The van der Waals surface area contributed by atoms with E-state index < -0.39 is 12.1 Å². The maximum absolute atomic E-state index is 11.8. The van der Waals surface area contributed by atoms with E-state index >= 15 is 0 Å². The Morgan fingerprint density at radius 3 is 2.10 bits per heavy atom. The monoisotopic (exact) mass is 403 g/mol. The van der Waals surface area contributed by atoms with Crippen molar-refractivity contribution in [3.8, 4) is 17.2 Å². The largest absolute Gasteiger partial charge is 0.497 e. The lowest BCUT2D eigenvalue weighted by molar-refractivity contribution is -0.148. The summed E-state index contributed by atoms with van der Waals surface area (Å²) in [6.07, 6.45) is -0.645. The van der Waals surface area contributed by atoms with E-state index in [9.17, 15) is 9.59 Å². The smallest absolute Gasteiger partial charge is 0.333 e. The Kier molecular flexibility index (Phi) is 8.78. The lowest BCUT2D eigenvalue weighted by atomic mass is 10.1. The Morgan fingerprint density at radius 2 is 1.52 bits per heavy atom. The van der Waals surface area contributed by atoms with Crippen LogP contribution < -0.4 is 19.5 Å². The van der Waals surface area contributed by atoms with Gasteiger partial charge in [0, 0.05) is 13.5 Å². The molecule has 0 heterocycles. The second-order valence-corrected chi connectivity index (χ2v) is 6.07. The van der Waals surface area contributed by atoms with Crippen molar-refractivity contribution in [3.63, 3.8) is 0 Å². The number of carboxylic acids is 1. The maximum Gasteiger partial charge on any atom is 0.333 e. The third-order valence-corrected chi connectivity index (χ3v) is 4.03. The standard InChI is InChI=1S/C21H25NO7/c1-26-16-7-9-17(10-8-16)28-12-11-22-20(23)14-29-18-5-3-15(4-6-18)13-19(27-2)21(24)25/h3-10,19H,11-14H2,1-2H3,(H,22,23)(H,24,25)/t19-/m0/s1. The van der Waals surface area contributed by atoms with Crippen LogP contribution in [0.4, 0.5) is 0 Å². The van der Waals surface area contributed by atoms with E-state index in [4.69, 9.17) is 24.1 Å². The Balaban J connectivity index is 1.66. The van der Waals surface area contributed by atoms with Gasteiger partial charge in [0.2, 0.25) is 0 Å². The number of benzene rings is 2. The summed E-state index contributed by atoms with van der Waals surface area (Å²) >= 11 is 0. The zero-order valence-corrected chi connectivity index (χ0v) is 16.4. The van der Waals surface area contributed by atoms with Crippen LogP contribution in [0, 0.1) is 0 Å². The van der Waals surface area contributed by atoms with Gasteiger partial charge in [-0.15, -0.1) is 0 Å². The maximum atomic E-state index is 11.8. The molecule has 1 atom stereocenters. The van der Waals surface area contributed by atoms with Crippen LogP contribution in [0.1, 0.15) is 5.56 Å². The second kappa shape index (κ2) is 11.6. The van der Waals surface area contributed by atoms with Crippen LogP contribution in [0.15, 0.2) is 48.5 Å². The van der Waals surface area contributed by atoms with E-state index in [0.717, 1.165) is 11.3 Å². The molecule has 8 nitrogen and oxygen atoms in total. The molecule has 1 amide bonds. The summed E-state index contributed by atoms with van der Waals surface area (Å²) in [4.78, 5) is 22.8. The zero-order valence-electron chi connectivity index (χ0n) is 16.4. The predicted molar refractivity (Wildman–Crippen MR) is 106 cm³/mol. The summed E-state index contributed by atoms with van der Waals surface area (Å²) in [5, 5.41) is 11.7. The molecule has 156 valence electrons. The predicted octanol–water partition coefficient (Wildman–Crippen LogP) is 1.91. The van der Waals surface area contributed by atoms with Gasteiger partial charge in [-0.2, -0.15) is 0 Å². The number of carbonyl (C=O) groups excluding carboxylic acids is 1. The van der Waals surface area contributed by atoms with Gasteiger partial charge >= 0.3 is 5.97 Å². The van der Waals surface area contributed by atoms with Gasteiger partial charge in [-0.3, -0.25) is 4.79 Å². The summed E-state index contributed by atoms with van der Waals surface area (Å²) in [6, 6.07) is 14.0. The molecule has 0 spiro atoms. The van der Waals surface area contributed by atoms with Gasteiger partial charge < -0.3 is 29.4 Å². The number of carbonyl (C=O) groups is 2. The molecule has 0 saturated heterocycles. The molecular weight excluding hydrogens is 378 g/mol. The van der Waals surface area contributed by atoms with Crippen LogP contribution in [-0.2, 0) is 20.7 Å². The molecule has 0 radical (unpaired) electrons. The van der Waals surface area contributed by atoms with Crippen LogP contribution in [0.3, 0.4) is 0 Å². The summed E-state index contributed by atoms with van der Waals surface area (Å²) in [5.74, 6) is 0.673. The summed E-state index contributed by atoms with van der Waals surface area (Å²) in [6.45, 7) is 0.551. The van der Waals surface area contributed by atoms with Crippen LogP contribution in [-0.4, -0.2) is 57.1 Å². The first kappa shape index (κ1) is 22.0. The fourth-order valence-electron chi connectivity index (χ4n) is 2.44. The van der Waals surface area contributed by atoms with E-state index in [1.54, 1.807) is 55.6 Å². The Morgan fingerprint density at radius 1 is 0.931 bits per heavy atom. The highest BCUT2D eigenvalue weighted by Gasteiger charge is 2.16. The van der Waals surface area contributed by atoms with Crippen LogP contribution in [0.2, 0.25) is 0 Å².